The molecule has 0 spiro atoms. The van der Waals surface area contributed by atoms with Crippen molar-refractivity contribution in [2.45, 2.75) is 57.3 Å². The van der Waals surface area contributed by atoms with E-state index in [2.05, 4.69) is 15.1 Å². The minimum atomic E-state index is -0.411. The molecular weight excluding hydrogens is 564 g/mol. The molecule has 4 atom stereocenters. The zero-order valence-corrected chi connectivity index (χ0v) is 24.5. The predicted octanol–water partition coefficient (Wildman–Crippen LogP) is 1.37. The predicted molar refractivity (Wildman–Crippen MR) is 153 cm³/mol. The van der Waals surface area contributed by atoms with Crippen LogP contribution < -0.4 is 5.32 Å². The molecule has 5 saturated heterocycles. The Morgan fingerprint density at radius 2 is 1.67 bits per heavy atom. The highest BCUT2D eigenvalue weighted by Gasteiger charge is 2.49. The second-order valence-corrected chi connectivity index (χ2v) is 11.4. The van der Waals surface area contributed by atoms with Gasteiger partial charge in [0.2, 0.25) is 0 Å². The molecule has 0 radical (unpaired) electrons. The van der Waals surface area contributed by atoms with E-state index in [0.29, 0.717) is 36.8 Å². The number of fused-ring (bicyclic) bond motifs is 4. The Bertz CT molecular complexity index is 1020. The Hall–Kier alpha value is -3.43. The van der Waals surface area contributed by atoms with Crippen molar-refractivity contribution in [1.82, 2.24) is 20.0 Å². The van der Waals surface area contributed by atoms with Crippen molar-refractivity contribution in [1.29, 1.82) is 0 Å². The minimum Gasteiger partial charge on any atom is -0.381 e. The second-order valence-electron chi connectivity index (χ2n) is 11.4. The molecule has 0 amide bonds. The largest absolute Gasteiger partial charge is 0.381 e. The molecule has 0 saturated carbocycles. The lowest BCUT2D eigenvalue weighted by Crippen LogP contribution is -2.49. The lowest BCUT2D eigenvalue weighted by atomic mass is 10.0. The van der Waals surface area contributed by atoms with E-state index in [-0.39, 0.29) is 23.0 Å². The maximum atomic E-state index is 11.6. The Morgan fingerprint density at radius 1 is 0.953 bits per heavy atom. The van der Waals surface area contributed by atoms with Gasteiger partial charge in [-0.25, -0.2) is 4.79 Å². The number of nitro groups is 2. The molecule has 0 aromatic rings. The summed E-state index contributed by atoms with van der Waals surface area (Å²) in [6.07, 6.45) is 9.57. The zero-order valence-electron chi connectivity index (χ0n) is 24.5. The number of unbranched alkanes of at least 4 members (excludes halogenated alkanes) is 2. The maximum absolute atomic E-state index is 11.6. The number of rotatable bonds is 10. The monoisotopic (exact) mass is 607 g/mol. The van der Waals surface area contributed by atoms with Crippen molar-refractivity contribution >= 4 is 12.6 Å². The summed E-state index contributed by atoms with van der Waals surface area (Å²) in [6.45, 7) is 8.23. The van der Waals surface area contributed by atoms with Gasteiger partial charge in [-0.05, 0) is 32.1 Å². The van der Waals surface area contributed by atoms with Crippen molar-refractivity contribution in [3.63, 3.8) is 0 Å². The lowest BCUT2D eigenvalue weighted by Gasteiger charge is -2.41. The average molecular weight is 608 g/mol. The van der Waals surface area contributed by atoms with Gasteiger partial charge in [0.15, 0.2) is 17.7 Å². The molecule has 0 aromatic heterocycles. The molecule has 238 valence electrons. The molecule has 15 nitrogen and oxygen atoms in total. The first-order valence-corrected chi connectivity index (χ1v) is 15.2. The van der Waals surface area contributed by atoms with Crippen LogP contribution in [-0.2, 0) is 23.8 Å². The molecule has 2 bridgehead atoms. The Kier molecular flexibility index (Phi) is 12.4. The van der Waals surface area contributed by atoms with Gasteiger partial charge < -0.3 is 39.0 Å². The molecule has 6 aliphatic heterocycles. The SMILES string of the molecule is O=C[CH+]CCC=O.O=[N+]([O-])/C=C1\NCCN1CC1CCOC1.O=[N+]([O-])C1=C2N(CC3CCOC3)CCN2C2CCCC1O2. The fraction of sp³-hybridized carbons (Fsp3) is 0.750. The smallest absolute Gasteiger partial charge is 0.314 e. The standard InChI is InChI=1S/C14H21N3O4.C9H15N3O3.C5H7O2/c18-17(19)13-11-2-1-3-12(21-11)16-6-5-15(14(13)16)8-10-4-7-20-9-10;13-12(14)6-9-10-2-3-11(9)5-8-1-4-15-7-8;6-4-2-1-3-5-7/h10-12H,1-9H2;6,8,10H,1-5,7H2;2,4-5H,1,3H2/q;;+1/b;9-6+;. The Morgan fingerprint density at radius 3 is 2.28 bits per heavy atom. The molecule has 0 aromatic carbocycles. The van der Waals surface area contributed by atoms with Crippen molar-refractivity contribution < 1.29 is 33.6 Å². The third-order valence-electron chi connectivity index (χ3n) is 8.31. The summed E-state index contributed by atoms with van der Waals surface area (Å²) in [7, 11) is 0. The molecule has 6 heterocycles. The summed E-state index contributed by atoms with van der Waals surface area (Å²) in [5.41, 5.74) is 0.280. The number of carbonyl (C=O) groups is 2. The van der Waals surface area contributed by atoms with Crippen LogP contribution in [0.15, 0.2) is 23.5 Å². The lowest BCUT2D eigenvalue weighted by molar-refractivity contribution is -0.448. The molecule has 15 heteroatoms. The van der Waals surface area contributed by atoms with E-state index >= 15 is 0 Å². The molecule has 1 N–H and O–H groups in total. The fourth-order valence-electron chi connectivity index (χ4n) is 6.24. The van der Waals surface area contributed by atoms with E-state index < -0.39 is 4.92 Å². The minimum absolute atomic E-state index is 0.0345. The topological polar surface area (TPSA) is 170 Å². The number of carbonyl (C=O) groups excluding carboxylic acids is 2. The molecule has 0 aliphatic carbocycles. The van der Waals surface area contributed by atoms with Crippen molar-refractivity contribution in [3.8, 4) is 0 Å². The number of aldehydes is 2. The number of hydrogen-bond donors (Lipinski definition) is 1. The maximum Gasteiger partial charge on any atom is 0.314 e. The highest BCUT2D eigenvalue weighted by molar-refractivity contribution is 5.62. The van der Waals surface area contributed by atoms with Crippen LogP contribution in [0.25, 0.3) is 0 Å². The van der Waals surface area contributed by atoms with E-state index in [1.165, 1.54) is 6.42 Å². The van der Waals surface area contributed by atoms with Crippen LogP contribution in [0.4, 0.5) is 0 Å². The van der Waals surface area contributed by atoms with E-state index in [9.17, 15) is 29.8 Å². The van der Waals surface area contributed by atoms with Crippen LogP contribution in [0, 0.1) is 38.5 Å². The van der Waals surface area contributed by atoms with Crippen LogP contribution in [0.5, 0.6) is 0 Å². The zero-order chi connectivity index (χ0) is 30.6. The van der Waals surface area contributed by atoms with Gasteiger partial charge in [-0.2, -0.15) is 0 Å². The van der Waals surface area contributed by atoms with Crippen LogP contribution >= 0.6 is 0 Å². The molecule has 6 aliphatic rings. The summed E-state index contributed by atoms with van der Waals surface area (Å²) in [6, 6.07) is 0. The van der Waals surface area contributed by atoms with Gasteiger partial charge in [0.25, 0.3) is 12.5 Å². The molecule has 6 rings (SSSR count). The van der Waals surface area contributed by atoms with Crippen LogP contribution in [0.3, 0.4) is 0 Å². The number of ether oxygens (including phenoxy) is 3. The molecular formula is C28H43N6O9+. The Labute approximate surface area is 251 Å². The second kappa shape index (κ2) is 16.4. The van der Waals surface area contributed by atoms with Crippen LogP contribution in [0.1, 0.15) is 44.9 Å². The molecule has 43 heavy (non-hydrogen) atoms. The number of nitrogens with zero attached hydrogens (tertiary/aromatic N) is 5. The number of nitrogens with one attached hydrogen (secondary N) is 1. The van der Waals surface area contributed by atoms with E-state index in [1.807, 2.05) is 4.90 Å². The average Bonchev–Trinajstić information content (AvgIpc) is 3.81. The van der Waals surface area contributed by atoms with Gasteiger partial charge in [-0.15, -0.1) is 0 Å². The third kappa shape index (κ3) is 9.03. The van der Waals surface area contributed by atoms with E-state index in [0.717, 1.165) is 116 Å². The van der Waals surface area contributed by atoms with Gasteiger partial charge in [0.05, 0.1) is 23.1 Å². The third-order valence-corrected chi connectivity index (χ3v) is 8.31. The van der Waals surface area contributed by atoms with Crippen LogP contribution in [-0.4, -0.2) is 115 Å². The van der Waals surface area contributed by atoms with Gasteiger partial charge >= 0.3 is 5.70 Å². The summed E-state index contributed by atoms with van der Waals surface area (Å²) in [5.74, 6) is 2.47. The summed E-state index contributed by atoms with van der Waals surface area (Å²) < 4.78 is 16.6. The van der Waals surface area contributed by atoms with E-state index in [4.69, 9.17) is 14.2 Å². The highest BCUT2D eigenvalue weighted by Crippen LogP contribution is 2.39. The first-order chi connectivity index (χ1) is 20.9. The number of hydrogen-bond acceptors (Lipinski definition) is 13. The highest BCUT2D eigenvalue weighted by atomic mass is 16.6. The first kappa shape index (κ1) is 32.5. The van der Waals surface area contributed by atoms with E-state index in [1.54, 1.807) is 0 Å². The van der Waals surface area contributed by atoms with Gasteiger partial charge in [-0.1, -0.05) is 0 Å². The van der Waals surface area contributed by atoms with Gasteiger partial charge in [0, 0.05) is 70.7 Å². The van der Waals surface area contributed by atoms with Gasteiger partial charge in [-0.3, -0.25) is 20.2 Å². The van der Waals surface area contributed by atoms with Crippen molar-refractivity contribution in [2.24, 2.45) is 11.8 Å². The van der Waals surface area contributed by atoms with Crippen LogP contribution in [0.2, 0.25) is 0 Å². The van der Waals surface area contributed by atoms with Crippen molar-refractivity contribution in [2.75, 3.05) is 65.7 Å². The summed E-state index contributed by atoms with van der Waals surface area (Å²) >= 11 is 0. The fourth-order valence-corrected chi connectivity index (χ4v) is 6.24. The summed E-state index contributed by atoms with van der Waals surface area (Å²) in [5, 5.41) is 25.0. The normalized spacial score (nSPS) is 28.4. The first-order valence-electron chi connectivity index (χ1n) is 15.2. The van der Waals surface area contributed by atoms with Crippen molar-refractivity contribution in [3.05, 3.63) is 50.2 Å². The Balaban J connectivity index is 0.000000168. The molecule has 4 unspecified atom stereocenters. The molecule has 5 fully saturated rings. The quantitative estimate of drug-likeness (QED) is 0.124. The summed E-state index contributed by atoms with van der Waals surface area (Å²) in [4.78, 5) is 46.7. The van der Waals surface area contributed by atoms with Gasteiger partial charge in [0.1, 0.15) is 25.4 Å².